The summed E-state index contributed by atoms with van der Waals surface area (Å²) >= 11 is 0. The van der Waals surface area contributed by atoms with Gasteiger partial charge < -0.3 is 5.32 Å². The lowest BCUT2D eigenvalue weighted by Crippen LogP contribution is -2.45. The van der Waals surface area contributed by atoms with Crippen molar-refractivity contribution in [3.63, 3.8) is 0 Å². The van der Waals surface area contributed by atoms with Gasteiger partial charge in [-0.1, -0.05) is 164 Å². The topological polar surface area (TPSA) is 49.3 Å². The van der Waals surface area contributed by atoms with Gasteiger partial charge in [-0.2, -0.15) is 0 Å². The zero-order valence-electron chi connectivity index (χ0n) is 30.5. The fourth-order valence-electron chi connectivity index (χ4n) is 8.61. The molecular weight excluding hydrogens is 681 g/mol. The Bertz CT molecular complexity index is 3120. The Kier molecular flexibility index (Phi) is 7.68. The molecule has 2 heterocycles. The number of rotatable bonds is 5. The van der Waals surface area contributed by atoms with Crippen LogP contribution in [0, 0.1) is 0 Å². The van der Waals surface area contributed by atoms with E-state index in [1.807, 2.05) is 6.07 Å². The standard InChI is InChI=1S/C52H36N4/c1-3-15-33(16-4-1)50-54-51(34-17-5-2-6-18-34)56-52(55-50)38-30-36(29-37(31-38)49-46-25-12-11-23-43(46)45-24-13-14-26-48(45)53-49)35-27-28-44-41-21-8-7-19-39(41)40-20-9-10-22-42(40)47(44)32-35/h1-32,50,52,55H,(H,54,56). The van der Waals surface area contributed by atoms with Crippen molar-refractivity contribution >= 4 is 59.8 Å². The Morgan fingerprint density at radius 2 is 0.893 bits per heavy atom. The average molecular weight is 717 g/mol. The zero-order chi connectivity index (χ0) is 37.0. The second-order valence-electron chi connectivity index (χ2n) is 14.6. The minimum Gasteiger partial charge on any atom is -0.350 e. The quantitative estimate of drug-likeness (QED) is 0.174. The summed E-state index contributed by atoms with van der Waals surface area (Å²) in [6, 6.07) is 69.5. The smallest absolute Gasteiger partial charge is 0.131 e. The fourth-order valence-corrected chi connectivity index (χ4v) is 8.61. The molecule has 1 aromatic heterocycles. The molecule has 0 aliphatic carbocycles. The highest BCUT2D eigenvalue weighted by Gasteiger charge is 2.27. The van der Waals surface area contributed by atoms with Gasteiger partial charge >= 0.3 is 0 Å². The number of aliphatic imine (C=N–C) groups is 1. The van der Waals surface area contributed by atoms with E-state index in [2.05, 4.69) is 199 Å². The predicted molar refractivity (Wildman–Crippen MR) is 234 cm³/mol. The maximum absolute atomic E-state index is 5.38. The minimum absolute atomic E-state index is 0.246. The molecule has 0 saturated carbocycles. The van der Waals surface area contributed by atoms with E-state index in [-0.39, 0.29) is 12.3 Å². The van der Waals surface area contributed by atoms with Crippen molar-refractivity contribution in [2.45, 2.75) is 12.3 Å². The third kappa shape index (κ3) is 5.50. The summed E-state index contributed by atoms with van der Waals surface area (Å²) < 4.78 is 0. The molecule has 0 radical (unpaired) electrons. The third-order valence-electron chi connectivity index (χ3n) is 11.3. The summed E-state index contributed by atoms with van der Waals surface area (Å²) in [5.41, 5.74) is 8.54. The molecule has 1 aliphatic rings. The van der Waals surface area contributed by atoms with Crippen LogP contribution in [0.25, 0.3) is 76.4 Å². The first-order chi connectivity index (χ1) is 27.7. The van der Waals surface area contributed by atoms with Gasteiger partial charge in [0.25, 0.3) is 0 Å². The Morgan fingerprint density at radius 3 is 1.59 bits per heavy atom. The highest BCUT2D eigenvalue weighted by Crippen LogP contribution is 2.40. The largest absolute Gasteiger partial charge is 0.350 e. The van der Waals surface area contributed by atoms with E-state index in [4.69, 9.17) is 9.98 Å². The molecule has 0 bridgehead atoms. The second-order valence-corrected chi connectivity index (χ2v) is 14.6. The van der Waals surface area contributed by atoms with Gasteiger partial charge in [-0.15, -0.1) is 0 Å². The molecule has 2 N–H and O–H groups in total. The van der Waals surface area contributed by atoms with Gasteiger partial charge in [0.1, 0.15) is 18.2 Å². The van der Waals surface area contributed by atoms with Crippen molar-refractivity contribution in [3.05, 3.63) is 211 Å². The van der Waals surface area contributed by atoms with Gasteiger partial charge in [-0.05, 0) is 90.3 Å². The molecule has 11 rings (SSSR count). The molecular formula is C52H36N4. The van der Waals surface area contributed by atoms with E-state index in [9.17, 15) is 0 Å². The van der Waals surface area contributed by atoms with E-state index < -0.39 is 0 Å². The number of amidine groups is 1. The van der Waals surface area contributed by atoms with Crippen LogP contribution in [0.4, 0.5) is 0 Å². The van der Waals surface area contributed by atoms with Crippen LogP contribution in [-0.4, -0.2) is 10.8 Å². The summed E-state index contributed by atoms with van der Waals surface area (Å²) in [5, 5.41) is 18.7. The van der Waals surface area contributed by atoms with Crippen molar-refractivity contribution in [2.75, 3.05) is 0 Å². The number of benzene rings is 9. The van der Waals surface area contributed by atoms with Crippen LogP contribution in [0.5, 0.6) is 0 Å². The number of nitrogens with one attached hydrogen (secondary N) is 2. The van der Waals surface area contributed by atoms with Crippen molar-refractivity contribution in [3.8, 4) is 22.4 Å². The Labute approximate surface area is 324 Å². The van der Waals surface area contributed by atoms with Gasteiger partial charge in [0.2, 0.25) is 0 Å². The van der Waals surface area contributed by atoms with Crippen LogP contribution in [0.1, 0.15) is 29.0 Å². The van der Waals surface area contributed by atoms with Gasteiger partial charge in [0.05, 0.1) is 11.2 Å². The zero-order valence-corrected chi connectivity index (χ0v) is 30.5. The molecule has 4 nitrogen and oxygen atoms in total. The molecule has 2 atom stereocenters. The lowest BCUT2D eigenvalue weighted by Gasteiger charge is -2.32. The van der Waals surface area contributed by atoms with E-state index >= 15 is 0 Å². The van der Waals surface area contributed by atoms with Crippen LogP contribution < -0.4 is 10.6 Å². The normalized spacial score (nSPS) is 15.7. The molecule has 56 heavy (non-hydrogen) atoms. The average Bonchev–Trinajstić information content (AvgIpc) is 3.29. The predicted octanol–water partition coefficient (Wildman–Crippen LogP) is 12.5. The number of aromatic nitrogens is 1. The first kappa shape index (κ1) is 32.3. The maximum Gasteiger partial charge on any atom is 0.131 e. The van der Waals surface area contributed by atoms with Crippen molar-refractivity contribution in [1.82, 2.24) is 15.6 Å². The highest BCUT2D eigenvalue weighted by atomic mass is 15.3. The fraction of sp³-hybridized carbons (Fsp3) is 0.0385. The Morgan fingerprint density at radius 1 is 0.357 bits per heavy atom. The van der Waals surface area contributed by atoms with Crippen LogP contribution in [0.3, 0.4) is 0 Å². The Hall–Kier alpha value is -7.14. The lowest BCUT2D eigenvalue weighted by atomic mass is 9.90. The molecule has 0 amide bonds. The third-order valence-corrected chi connectivity index (χ3v) is 11.3. The van der Waals surface area contributed by atoms with Crippen LogP contribution in [-0.2, 0) is 0 Å². The second kappa shape index (κ2) is 13.3. The summed E-state index contributed by atoms with van der Waals surface area (Å²) in [4.78, 5) is 10.6. The molecule has 0 spiro atoms. The molecule has 4 heteroatoms. The van der Waals surface area contributed by atoms with Gasteiger partial charge in [0, 0.05) is 21.9 Å². The van der Waals surface area contributed by atoms with Crippen molar-refractivity contribution < 1.29 is 0 Å². The molecule has 2 unspecified atom stereocenters. The van der Waals surface area contributed by atoms with E-state index in [1.54, 1.807) is 0 Å². The summed E-state index contributed by atoms with van der Waals surface area (Å²) in [7, 11) is 0. The first-order valence-corrected chi connectivity index (χ1v) is 19.2. The number of hydrogen-bond donors (Lipinski definition) is 2. The molecule has 0 fully saturated rings. The minimum atomic E-state index is -0.247. The van der Waals surface area contributed by atoms with Crippen LogP contribution >= 0.6 is 0 Å². The van der Waals surface area contributed by atoms with Crippen LogP contribution in [0.2, 0.25) is 0 Å². The van der Waals surface area contributed by atoms with Crippen LogP contribution in [0.15, 0.2) is 199 Å². The molecule has 1 aliphatic heterocycles. The molecule has 10 aromatic rings. The first-order valence-electron chi connectivity index (χ1n) is 19.2. The summed E-state index contributed by atoms with van der Waals surface area (Å²) in [5.74, 6) is 0.855. The number of fused-ring (bicyclic) bond motifs is 9. The SMILES string of the molecule is c1ccc(C2=NC(c3ccccc3)NC(c3cc(-c4ccc5c6ccccc6c6ccccc6c5c4)cc(-c4nc5ccccc5c5ccccc45)c3)N2)cc1. The molecule has 0 saturated heterocycles. The van der Waals surface area contributed by atoms with E-state index in [1.165, 1.54) is 37.7 Å². The number of nitrogens with zero attached hydrogens (tertiary/aromatic N) is 2. The highest BCUT2D eigenvalue weighted by molar-refractivity contribution is 6.25. The lowest BCUT2D eigenvalue weighted by molar-refractivity contribution is 0.409. The van der Waals surface area contributed by atoms with Gasteiger partial charge in [-0.3, -0.25) is 5.32 Å². The molecule has 9 aromatic carbocycles. The van der Waals surface area contributed by atoms with Gasteiger partial charge in [0.15, 0.2) is 0 Å². The number of pyridine rings is 1. The number of para-hydroxylation sites is 1. The van der Waals surface area contributed by atoms with E-state index in [0.717, 1.165) is 61.2 Å². The molecule has 264 valence electrons. The summed E-state index contributed by atoms with van der Waals surface area (Å²) in [6.07, 6.45) is -0.492. The van der Waals surface area contributed by atoms with Crippen molar-refractivity contribution in [2.24, 2.45) is 4.99 Å². The monoisotopic (exact) mass is 716 g/mol. The number of hydrogen-bond acceptors (Lipinski definition) is 4. The summed E-state index contributed by atoms with van der Waals surface area (Å²) in [6.45, 7) is 0. The maximum atomic E-state index is 5.38. The van der Waals surface area contributed by atoms with E-state index in [0.29, 0.717) is 0 Å². The Balaban J connectivity index is 1.15. The van der Waals surface area contributed by atoms with Gasteiger partial charge in [-0.25, -0.2) is 9.98 Å². The van der Waals surface area contributed by atoms with Crippen molar-refractivity contribution in [1.29, 1.82) is 0 Å².